The molecule has 0 spiro atoms. The van der Waals surface area contributed by atoms with E-state index in [1.165, 1.54) is 60.6 Å². The van der Waals surface area contributed by atoms with Gasteiger partial charge in [-0.15, -0.1) is 0 Å². The third kappa shape index (κ3) is 6.54. The lowest BCUT2D eigenvalue weighted by atomic mass is 10.1. The van der Waals surface area contributed by atoms with Gasteiger partial charge in [0.1, 0.15) is 23.2 Å². The van der Waals surface area contributed by atoms with Gasteiger partial charge in [-0.2, -0.15) is 0 Å². The fraction of sp³-hybridized carbons (Fsp3) is 0.400. The molecule has 0 amide bonds. The van der Waals surface area contributed by atoms with Crippen LogP contribution < -0.4 is 15.9 Å². The SMILES string of the molecule is c1ccc([P+](CCCCCCCOC2CCCCO2)(c2ccccc2)c2ccccc2)cc1. The fourth-order valence-corrected chi connectivity index (χ4v) is 9.33. The molecular weight excluding hydrogens is 423 g/mol. The van der Waals surface area contributed by atoms with Gasteiger partial charge in [0.2, 0.25) is 0 Å². The summed E-state index contributed by atoms with van der Waals surface area (Å²) in [6.07, 6.45) is 10.9. The van der Waals surface area contributed by atoms with Crippen LogP contribution in [0.1, 0.15) is 51.4 Å². The van der Waals surface area contributed by atoms with Crippen molar-refractivity contribution in [3.63, 3.8) is 0 Å². The molecule has 4 rings (SSSR count). The third-order valence-corrected chi connectivity index (χ3v) is 11.2. The minimum absolute atomic E-state index is 0.0479. The molecule has 0 radical (unpaired) electrons. The van der Waals surface area contributed by atoms with Crippen molar-refractivity contribution in [2.45, 2.75) is 57.7 Å². The van der Waals surface area contributed by atoms with E-state index in [9.17, 15) is 0 Å². The van der Waals surface area contributed by atoms with Crippen LogP contribution in [0.15, 0.2) is 91.0 Å². The van der Waals surface area contributed by atoms with Gasteiger partial charge < -0.3 is 9.47 Å². The second-order valence-corrected chi connectivity index (χ2v) is 12.6. The van der Waals surface area contributed by atoms with Crippen molar-refractivity contribution in [2.75, 3.05) is 19.4 Å². The summed E-state index contributed by atoms with van der Waals surface area (Å²) in [5.41, 5.74) is 0. The molecule has 1 heterocycles. The van der Waals surface area contributed by atoms with Crippen LogP contribution >= 0.6 is 7.26 Å². The summed E-state index contributed by atoms with van der Waals surface area (Å²) in [5.74, 6) is 0. The minimum atomic E-state index is -1.67. The van der Waals surface area contributed by atoms with E-state index in [0.717, 1.165) is 26.1 Å². The highest BCUT2D eigenvalue weighted by molar-refractivity contribution is 7.95. The standard InChI is InChI=1S/C30H38O2P/c1(2-14-24-31-30-23-13-15-25-32-30)3-16-26-33(27-17-7-4-8-18-27,28-19-9-5-10-20-28)29-21-11-6-12-22-29/h4-12,17-22,30H,1-3,13-16,23-26H2/q+1. The van der Waals surface area contributed by atoms with Crippen LogP contribution in [0, 0.1) is 0 Å². The highest BCUT2D eigenvalue weighted by Gasteiger charge is 2.44. The van der Waals surface area contributed by atoms with Crippen LogP contribution in [-0.2, 0) is 9.47 Å². The molecule has 1 fully saturated rings. The maximum absolute atomic E-state index is 5.90. The Morgan fingerprint density at radius 3 is 1.67 bits per heavy atom. The molecular formula is C30H38O2P+. The fourth-order valence-electron chi connectivity index (χ4n) is 4.92. The van der Waals surface area contributed by atoms with Crippen molar-refractivity contribution in [3.05, 3.63) is 91.0 Å². The first kappa shape index (κ1) is 24.1. The van der Waals surface area contributed by atoms with E-state index in [1.807, 2.05) is 0 Å². The van der Waals surface area contributed by atoms with Gasteiger partial charge in [-0.3, -0.25) is 0 Å². The molecule has 0 aromatic heterocycles. The summed E-state index contributed by atoms with van der Waals surface area (Å²) in [4.78, 5) is 0. The number of unbranched alkanes of at least 4 members (excludes halogenated alkanes) is 4. The Kier molecular flexibility index (Phi) is 9.54. The predicted molar refractivity (Wildman–Crippen MR) is 143 cm³/mol. The number of hydrogen-bond donors (Lipinski definition) is 0. The molecule has 1 unspecified atom stereocenters. The van der Waals surface area contributed by atoms with E-state index in [0.29, 0.717) is 0 Å². The van der Waals surface area contributed by atoms with Gasteiger partial charge in [-0.05, 0) is 74.9 Å². The first-order valence-corrected chi connectivity index (χ1v) is 14.7. The topological polar surface area (TPSA) is 18.5 Å². The average Bonchev–Trinajstić information content (AvgIpc) is 2.90. The summed E-state index contributed by atoms with van der Waals surface area (Å²) < 4.78 is 11.6. The Balaban J connectivity index is 1.38. The van der Waals surface area contributed by atoms with Crippen LogP contribution in [0.5, 0.6) is 0 Å². The van der Waals surface area contributed by atoms with Crippen LogP contribution in [0.25, 0.3) is 0 Å². The van der Waals surface area contributed by atoms with Crippen molar-refractivity contribution in [2.24, 2.45) is 0 Å². The quantitative estimate of drug-likeness (QED) is 0.227. The molecule has 3 heteroatoms. The zero-order chi connectivity index (χ0) is 22.6. The smallest absolute Gasteiger partial charge is 0.157 e. The van der Waals surface area contributed by atoms with E-state index in [4.69, 9.17) is 9.47 Å². The normalized spacial score (nSPS) is 16.5. The summed E-state index contributed by atoms with van der Waals surface area (Å²) in [6.45, 7) is 1.69. The van der Waals surface area contributed by atoms with E-state index in [1.54, 1.807) is 0 Å². The minimum Gasteiger partial charge on any atom is -0.353 e. The van der Waals surface area contributed by atoms with E-state index in [2.05, 4.69) is 91.0 Å². The Morgan fingerprint density at radius 1 is 0.636 bits per heavy atom. The van der Waals surface area contributed by atoms with Crippen LogP contribution in [0.4, 0.5) is 0 Å². The number of ether oxygens (including phenoxy) is 2. The van der Waals surface area contributed by atoms with Gasteiger partial charge in [0.05, 0.1) is 6.16 Å². The molecule has 0 saturated carbocycles. The molecule has 3 aromatic carbocycles. The first-order chi connectivity index (χ1) is 16.4. The van der Waals surface area contributed by atoms with Crippen molar-refractivity contribution >= 4 is 23.2 Å². The summed E-state index contributed by atoms with van der Waals surface area (Å²) in [7, 11) is -1.67. The van der Waals surface area contributed by atoms with Crippen molar-refractivity contribution in [1.82, 2.24) is 0 Å². The zero-order valence-electron chi connectivity index (χ0n) is 19.8. The van der Waals surface area contributed by atoms with Gasteiger partial charge in [0, 0.05) is 13.2 Å². The van der Waals surface area contributed by atoms with Gasteiger partial charge in [-0.25, -0.2) is 0 Å². The lowest BCUT2D eigenvalue weighted by Crippen LogP contribution is -2.33. The Hall–Kier alpha value is -1.99. The second-order valence-electron chi connectivity index (χ2n) is 8.97. The Morgan fingerprint density at radius 2 is 1.15 bits per heavy atom. The Labute approximate surface area is 200 Å². The Bertz CT molecular complexity index is 811. The molecule has 174 valence electrons. The van der Waals surface area contributed by atoms with Crippen LogP contribution in [0.3, 0.4) is 0 Å². The van der Waals surface area contributed by atoms with E-state index >= 15 is 0 Å². The molecule has 2 nitrogen and oxygen atoms in total. The lowest BCUT2D eigenvalue weighted by Gasteiger charge is -2.27. The maximum Gasteiger partial charge on any atom is 0.157 e. The molecule has 1 aliphatic heterocycles. The van der Waals surface area contributed by atoms with Crippen molar-refractivity contribution < 1.29 is 9.47 Å². The van der Waals surface area contributed by atoms with Gasteiger partial charge >= 0.3 is 0 Å². The summed E-state index contributed by atoms with van der Waals surface area (Å²) in [6, 6.07) is 33.7. The molecule has 0 bridgehead atoms. The average molecular weight is 462 g/mol. The number of rotatable bonds is 12. The predicted octanol–water partition coefficient (Wildman–Crippen LogP) is 6.47. The van der Waals surface area contributed by atoms with Crippen LogP contribution in [0.2, 0.25) is 0 Å². The molecule has 1 saturated heterocycles. The largest absolute Gasteiger partial charge is 0.353 e. The third-order valence-electron chi connectivity index (χ3n) is 6.67. The zero-order valence-corrected chi connectivity index (χ0v) is 20.7. The van der Waals surface area contributed by atoms with Crippen LogP contribution in [-0.4, -0.2) is 25.7 Å². The highest BCUT2D eigenvalue weighted by Crippen LogP contribution is 2.55. The second kappa shape index (κ2) is 13.0. The molecule has 0 aliphatic carbocycles. The molecule has 1 aliphatic rings. The van der Waals surface area contributed by atoms with Crippen molar-refractivity contribution in [1.29, 1.82) is 0 Å². The molecule has 3 aromatic rings. The monoisotopic (exact) mass is 461 g/mol. The maximum atomic E-state index is 5.90. The summed E-state index contributed by atoms with van der Waals surface area (Å²) in [5, 5.41) is 4.47. The first-order valence-electron chi connectivity index (χ1n) is 12.7. The molecule has 0 N–H and O–H groups in total. The molecule has 1 atom stereocenters. The van der Waals surface area contributed by atoms with E-state index in [-0.39, 0.29) is 6.29 Å². The van der Waals surface area contributed by atoms with Crippen molar-refractivity contribution in [3.8, 4) is 0 Å². The highest BCUT2D eigenvalue weighted by atomic mass is 31.2. The van der Waals surface area contributed by atoms with Gasteiger partial charge in [0.15, 0.2) is 6.29 Å². The molecule has 33 heavy (non-hydrogen) atoms. The lowest BCUT2D eigenvalue weighted by molar-refractivity contribution is -0.162. The number of hydrogen-bond acceptors (Lipinski definition) is 2. The van der Waals surface area contributed by atoms with E-state index < -0.39 is 7.26 Å². The van der Waals surface area contributed by atoms with Gasteiger partial charge in [-0.1, -0.05) is 67.4 Å². The summed E-state index contributed by atoms with van der Waals surface area (Å²) >= 11 is 0. The van der Waals surface area contributed by atoms with Gasteiger partial charge in [0.25, 0.3) is 0 Å². The number of benzene rings is 3.